The van der Waals surface area contributed by atoms with Crippen molar-refractivity contribution in [3.63, 3.8) is 0 Å². The van der Waals surface area contributed by atoms with E-state index in [0.29, 0.717) is 0 Å². The standard InChI is InChI=1S/C8H16O8/c9-1-3(11)5(13)7(15)8(16)6(14)4(12)2-10/h3-7,9-15H,1-2H2/t3-,4+,5-,6+,7-/m0/s1. The molecule has 0 bridgehead atoms. The van der Waals surface area contributed by atoms with Gasteiger partial charge in [-0.1, -0.05) is 0 Å². The third-order valence-corrected chi connectivity index (χ3v) is 2.04. The van der Waals surface area contributed by atoms with Crippen LogP contribution in [0.2, 0.25) is 0 Å². The lowest BCUT2D eigenvalue weighted by Gasteiger charge is -2.23. The van der Waals surface area contributed by atoms with Gasteiger partial charge in [0.05, 0.1) is 13.2 Å². The molecule has 8 nitrogen and oxygen atoms in total. The van der Waals surface area contributed by atoms with Crippen LogP contribution in [0.25, 0.3) is 0 Å². The van der Waals surface area contributed by atoms with Gasteiger partial charge in [0, 0.05) is 0 Å². The van der Waals surface area contributed by atoms with Crippen LogP contribution < -0.4 is 0 Å². The Kier molecular flexibility index (Phi) is 6.60. The minimum Gasteiger partial charge on any atom is -0.394 e. The largest absolute Gasteiger partial charge is 0.394 e. The number of rotatable bonds is 7. The second-order valence-corrected chi connectivity index (χ2v) is 3.28. The molecule has 8 heteroatoms. The van der Waals surface area contributed by atoms with E-state index < -0.39 is 49.5 Å². The predicted octanol–water partition coefficient (Wildman–Crippen LogP) is -4.66. The molecule has 0 amide bonds. The first-order valence-corrected chi connectivity index (χ1v) is 4.52. The molecule has 0 aliphatic rings. The molecule has 0 fully saturated rings. The summed E-state index contributed by atoms with van der Waals surface area (Å²) in [4.78, 5) is 11.2. The van der Waals surface area contributed by atoms with E-state index in [4.69, 9.17) is 30.6 Å². The smallest absolute Gasteiger partial charge is 0.195 e. The third kappa shape index (κ3) is 3.76. The van der Waals surface area contributed by atoms with Gasteiger partial charge in [-0.2, -0.15) is 0 Å². The van der Waals surface area contributed by atoms with Crippen molar-refractivity contribution in [3.8, 4) is 0 Å². The van der Waals surface area contributed by atoms with Crippen LogP contribution in [0, 0.1) is 0 Å². The SMILES string of the molecule is O=C([C@@H](O)[C@@H](O)[C@@H](O)CO)[C@H](O)[C@H](O)CO. The monoisotopic (exact) mass is 240 g/mol. The van der Waals surface area contributed by atoms with Crippen molar-refractivity contribution in [2.75, 3.05) is 13.2 Å². The van der Waals surface area contributed by atoms with E-state index in [1.54, 1.807) is 0 Å². The second-order valence-electron chi connectivity index (χ2n) is 3.28. The van der Waals surface area contributed by atoms with E-state index in [2.05, 4.69) is 0 Å². The molecule has 5 atom stereocenters. The van der Waals surface area contributed by atoms with Crippen LogP contribution in [0.4, 0.5) is 0 Å². The summed E-state index contributed by atoms with van der Waals surface area (Å²) in [5, 5.41) is 62.1. The van der Waals surface area contributed by atoms with Crippen molar-refractivity contribution < 1.29 is 40.5 Å². The summed E-state index contributed by atoms with van der Waals surface area (Å²) in [6, 6.07) is 0. The molecule has 7 N–H and O–H groups in total. The van der Waals surface area contributed by atoms with Crippen LogP contribution in [0.3, 0.4) is 0 Å². The predicted molar refractivity (Wildman–Crippen MR) is 49.2 cm³/mol. The zero-order valence-electron chi connectivity index (χ0n) is 8.34. The molecule has 16 heavy (non-hydrogen) atoms. The highest BCUT2D eigenvalue weighted by Crippen LogP contribution is 2.06. The van der Waals surface area contributed by atoms with Crippen LogP contribution in [0.5, 0.6) is 0 Å². The molecular weight excluding hydrogens is 224 g/mol. The summed E-state index contributed by atoms with van der Waals surface area (Å²) < 4.78 is 0. The van der Waals surface area contributed by atoms with Crippen LogP contribution in [-0.4, -0.2) is 85.3 Å². The average Bonchev–Trinajstić information content (AvgIpc) is 2.32. The molecule has 0 saturated heterocycles. The summed E-state index contributed by atoms with van der Waals surface area (Å²) in [5.74, 6) is -1.36. The second kappa shape index (κ2) is 6.86. The Labute approximate surface area is 91.0 Å². The van der Waals surface area contributed by atoms with E-state index >= 15 is 0 Å². The third-order valence-electron chi connectivity index (χ3n) is 2.04. The van der Waals surface area contributed by atoms with Crippen molar-refractivity contribution in [2.24, 2.45) is 0 Å². The summed E-state index contributed by atoms with van der Waals surface area (Å²) in [6.45, 7) is -1.79. The minimum absolute atomic E-state index is 0.885. The number of hydrogen-bond acceptors (Lipinski definition) is 8. The van der Waals surface area contributed by atoms with Crippen LogP contribution >= 0.6 is 0 Å². The first-order chi connectivity index (χ1) is 7.36. The number of carbonyl (C=O) groups is 1. The lowest BCUT2D eigenvalue weighted by molar-refractivity contribution is -0.155. The maximum atomic E-state index is 11.2. The summed E-state index contributed by atoms with van der Waals surface area (Å²) in [5.41, 5.74) is 0. The lowest BCUT2D eigenvalue weighted by atomic mass is 9.98. The molecular formula is C8H16O8. The Morgan fingerprint density at radius 3 is 1.62 bits per heavy atom. The van der Waals surface area contributed by atoms with E-state index in [1.165, 1.54) is 0 Å². The number of Topliss-reactive ketones (excluding diaryl/α,β-unsaturated/α-hetero) is 1. The zero-order valence-corrected chi connectivity index (χ0v) is 8.34. The Morgan fingerprint density at radius 1 is 0.812 bits per heavy atom. The summed E-state index contributed by atoms with van der Waals surface area (Å²) in [7, 11) is 0. The summed E-state index contributed by atoms with van der Waals surface area (Å²) >= 11 is 0. The van der Waals surface area contributed by atoms with Gasteiger partial charge in [-0.3, -0.25) is 4.79 Å². The van der Waals surface area contributed by atoms with Gasteiger partial charge >= 0.3 is 0 Å². The molecule has 0 rings (SSSR count). The normalized spacial score (nSPS) is 20.9. The quantitative estimate of drug-likeness (QED) is 0.234. The molecule has 0 aliphatic heterocycles. The molecule has 96 valence electrons. The van der Waals surface area contributed by atoms with E-state index in [0.717, 1.165) is 0 Å². The van der Waals surface area contributed by atoms with Crippen LogP contribution in [0.15, 0.2) is 0 Å². The van der Waals surface area contributed by atoms with E-state index in [1.807, 2.05) is 0 Å². The van der Waals surface area contributed by atoms with Crippen molar-refractivity contribution in [2.45, 2.75) is 30.5 Å². The number of carbonyl (C=O) groups excluding carboxylic acids is 1. The molecule has 0 heterocycles. The fourth-order valence-corrected chi connectivity index (χ4v) is 0.951. The van der Waals surface area contributed by atoms with Crippen molar-refractivity contribution in [1.29, 1.82) is 0 Å². The van der Waals surface area contributed by atoms with Gasteiger partial charge < -0.3 is 35.7 Å². The highest BCUT2D eigenvalue weighted by molar-refractivity contribution is 5.88. The van der Waals surface area contributed by atoms with Gasteiger partial charge in [0.2, 0.25) is 0 Å². The van der Waals surface area contributed by atoms with Crippen molar-refractivity contribution in [3.05, 3.63) is 0 Å². The topological polar surface area (TPSA) is 159 Å². The molecule has 0 aromatic rings. The zero-order chi connectivity index (χ0) is 12.9. The van der Waals surface area contributed by atoms with Crippen molar-refractivity contribution >= 4 is 5.78 Å². The maximum Gasteiger partial charge on any atom is 0.195 e. The Morgan fingerprint density at radius 2 is 1.25 bits per heavy atom. The van der Waals surface area contributed by atoms with Crippen molar-refractivity contribution in [1.82, 2.24) is 0 Å². The molecule has 0 spiro atoms. The minimum atomic E-state index is -2.17. The number of aliphatic hydroxyl groups excluding tert-OH is 7. The van der Waals surface area contributed by atoms with E-state index in [9.17, 15) is 9.90 Å². The number of aliphatic hydroxyl groups is 7. The highest BCUT2D eigenvalue weighted by Gasteiger charge is 2.36. The Bertz CT molecular complexity index is 220. The van der Waals surface area contributed by atoms with Gasteiger partial charge in [0.25, 0.3) is 0 Å². The Balaban J connectivity index is 4.48. The van der Waals surface area contributed by atoms with E-state index in [-0.39, 0.29) is 0 Å². The summed E-state index contributed by atoms with van der Waals surface area (Å²) in [6.07, 6.45) is -9.78. The van der Waals surface area contributed by atoms with Gasteiger partial charge in [-0.15, -0.1) is 0 Å². The van der Waals surface area contributed by atoms with Gasteiger partial charge in [-0.25, -0.2) is 0 Å². The number of hydrogen-bond donors (Lipinski definition) is 7. The van der Waals surface area contributed by atoms with Crippen LogP contribution in [-0.2, 0) is 4.79 Å². The molecule has 0 aromatic carbocycles. The first-order valence-electron chi connectivity index (χ1n) is 4.52. The molecule has 0 unspecified atom stereocenters. The molecule has 0 aliphatic carbocycles. The van der Waals surface area contributed by atoms with Gasteiger partial charge in [-0.05, 0) is 0 Å². The van der Waals surface area contributed by atoms with Gasteiger partial charge in [0.15, 0.2) is 5.78 Å². The van der Waals surface area contributed by atoms with Gasteiger partial charge in [0.1, 0.15) is 30.5 Å². The first kappa shape index (κ1) is 15.4. The maximum absolute atomic E-state index is 11.2. The number of ketones is 1. The highest BCUT2D eigenvalue weighted by atomic mass is 16.4. The van der Waals surface area contributed by atoms with Crippen LogP contribution in [0.1, 0.15) is 0 Å². The lowest BCUT2D eigenvalue weighted by Crippen LogP contribution is -2.50. The fraction of sp³-hybridized carbons (Fsp3) is 0.875. The molecule has 0 radical (unpaired) electrons. The average molecular weight is 240 g/mol. The Hall–Kier alpha value is -0.610. The molecule has 0 aromatic heterocycles. The fourth-order valence-electron chi connectivity index (χ4n) is 0.951. The molecule has 0 saturated carbocycles.